The molecule has 7 heteroatoms. The van der Waals surface area contributed by atoms with Gasteiger partial charge in [-0.1, -0.05) is 30.3 Å². The van der Waals surface area contributed by atoms with Crippen LogP contribution in [0, 0.1) is 0 Å². The minimum absolute atomic E-state index is 0. The fourth-order valence-corrected chi connectivity index (χ4v) is 3.69. The van der Waals surface area contributed by atoms with E-state index in [0.29, 0.717) is 0 Å². The maximum Gasteiger partial charge on any atom is 0.194 e. The van der Waals surface area contributed by atoms with Crippen molar-refractivity contribution in [3.63, 3.8) is 0 Å². The average molecular weight is 501 g/mol. The molecule has 1 aromatic rings. The highest BCUT2D eigenvalue weighted by Crippen LogP contribution is 2.09. The van der Waals surface area contributed by atoms with Gasteiger partial charge in [-0.3, -0.25) is 14.8 Å². The fraction of sp³-hybridized carbons (Fsp3) is 0.667. The molecule has 0 aliphatic carbocycles. The number of benzene rings is 1. The van der Waals surface area contributed by atoms with E-state index >= 15 is 0 Å². The first kappa shape index (κ1) is 23.4. The number of halogens is 1. The number of aliphatic imine (C=N–C) groups is 1. The summed E-state index contributed by atoms with van der Waals surface area (Å²) >= 11 is 0. The van der Waals surface area contributed by atoms with Crippen molar-refractivity contribution in [3.05, 3.63) is 35.9 Å². The molecule has 0 radical (unpaired) electrons. The number of hydrogen-bond acceptors (Lipinski definition) is 4. The molecule has 2 aliphatic heterocycles. The number of morpholine rings is 1. The molecule has 0 spiro atoms. The van der Waals surface area contributed by atoms with Crippen LogP contribution in [0.2, 0.25) is 0 Å². The molecule has 0 amide bonds. The van der Waals surface area contributed by atoms with Gasteiger partial charge in [-0.05, 0) is 18.9 Å². The van der Waals surface area contributed by atoms with Gasteiger partial charge in [0.2, 0.25) is 0 Å². The topological polar surface area (TPSA) is 43.3 Å². The molecule has 0 unspecified atom stereocenters. The molecule has 2 fully saturated rings. The third-order valence-corrected chi connectivity index (χ3v) is 5.25. The van der Waals surface area contributed by atoms with E-state index in [2.05, 4.69) is 57.3 Å². The van der Waals surface area contributed by atoms with Crippen LogP contribution < -0.4 is 5.32 Å². The molecule has 158 valence electrons. The van der Waals surface area contributed by atoms with Gasteiger partial charge in [0.1, 0.15) is 0 Å². The molecule has 2 saturated heterocycles. The summed E-state index contributed by atoms with van der Waals surface area (Å²) in [6.45, 7) is 14.3. The van der Waals surface area contributed by atoms with Crippen molar-refractivity contribution in [3.8, 4) is 0 Å². The molecule has 1 aromatic carbocycles. The Bertz CT molecular complexity index is 557. The third-order valence-electron chi connectivity index (χ3n) is 5.25. The first-order valence-corrected chi connectivity index (χ1v) is 10.4. The first-order chi connectivity index (χ1) is 13.3. The highest BCUT2D eigenvalue weighted by molar-refractivity contribution is 14.0. The zero-order valence-electron chi connectivity index (χ0n) is 17.2. The van der Waals surface area contributed by atoms with Gasteiger partial charge in [0, 0.05) is 65.4 Å². The summed E-state index contributed by atoms with van der Waals surface area (Å²) in [6, 6.07) is 10.8. The Morgan fingerprint density at radius 1 is 1.00 bits per heavy atom. The molecular weight excluding hydrogens is 465 g/mol. The Labute approximate surface area is 187 Å². The summed E-state index contributed by atoms with van der Waals surface area (Å²) in [5, 5.41) is 3.48. The summed E-state index contributed by atoms with van der Waals surface area (Å²) in [7, 11) is 0. The molecule has 0 bridgehead atoms. The minimum Gasteiger partial charge on any atom is -0.379 e. The lowest BCUT2D eigenvalue weighted by atomic mass is 10.2. The maximum atomic E-state index is 5.41. The third kappa shape index (κ3) is 7.85. The van der Waals surface area contributed by atoms with Gasteiger partial charge in [-0.2, -0.15) is 0 Å². The van der Waals surface area contributed by atoms with Crippen molar-refractivity contribution < 1.29 is 4.74 Å². The molecule has 3 rings (SSSR count). The highest BCUT2D eigenvalue weighted by atomic mass is 127. The first-order valence-electron chi connectivity index (χ1n) is 10.4. The normalized spacial score (nSPS) is 19.3. The summed E-state index contributed by atoms with van der Waals surface area (Å²) in [5.41, 5.74) is 1.40. The van der Waals surface area contributed by atoms with Crippen LogP contribution in [0.25, 0.3) is 0 Å². The van der Waals surface area contributed by atoms with Crippen LogP contribution in [0.15, 0.2) is 35.3 Å². The van der Waals surface area contributed by atoms with Crippen molar-refractivity contribution in [2.24, 2.45) is 4.99 Å². The quantitative estimate of drug-likeness (QED) is 0.269. The van der Waals surface area contributed by atoms with Crippen LogP contribution in [0.4, 0.5) is 0 Å². The fourth-order valence-electron chi connectivity index (χ4n) is 3.69. The van der Waals surface area contributed by atoms with Gasteiger partial charge < -0.3 is 15.0 Å². The van der Waals surface area contributed by atoms with E-state index in [1.54, 1.807) is 0 Å². The van der Waals surface area contributed by atoms with Crippen LogP contribution in [-0.4, -0.2) is 92.8 Å². The van der Waals surface area contributed by atoms with Crippen LogP contribution in [0.5, 0.6) is 0 Å². The Hall–Kier alpha value is -0.900. The van der Waals surface area contributed by atoms with Gasteiger partial charge in [-0.25, -0.2) is 0 Å². The maximum absolute atomic E-state index is 5.41. The lowest BCUT2D eigenvalue weighted by molar-refractivity contribution is 0.0377. The Morgan fingerprint density at radius 2 is 1.71 bits per heavy atom. The molecule has 0 saturated carbocycles. The van der Waals surface area contributed by atoms with Gasteiger partial charge in [0.15, 0.2) is 5.96 Å². The Kier molecular flexibility index (Phi) is 11.1. The van der Waals surface area contributed by atoms with Crippen molar-refractivity contribution >= 4 is 29.9 Å². The van der Waals surface area contributed by atoms with Crippen LogP contribution in [0.3, 0.4) is 0 Å². The van der Waals surface area contributed by atoms with Crippen LogP contribution in [-0.2, 0) is 11.3 Å². The molecule has 6 nitrogen and oxygen atoms in total. The van der Waals surface area contributed by atoms with Crippen molar-refractivity contribution in [2.45, 2.75) is 19.9 Å². The number of ether oxygens (including phenoxy) is 1. The lowest BCUT2D eigenvalue weighted by Gasteiger charge is -2.36. The van der Waals surface area contributed by atoms with E-state index in [9.17, 15) is 0 Å². The molecular formula is C21H36IN5O. The van der Waals surface area contributed by atoms with Crippen molar-refractivity contribution in [1.29, 1.82) is 0 Å². The van der Waals surface area contributed by atoms with Gasteiger partial charge in [0.25, 0.3) is 0 Å². The second kappa shape index (κ2) is 13.3. The van der Waals surface area contributed by atoms with Gasteiger partial charge in [0.05, 0.1) is 13.2 Å². The van der Waals surface area contributed by atoms with Crippen LogP contribution in [0.1, 0.15) is 18.9 Å². The standard InChI is InChI=1S/C21H35N5O.HI/c1-2-22-21(23-9-6-10-24-15-17-27-18-16-24)26-13-11-25(12-14-26)19-20-7-4-3-5-8-20;/h3-5,7-8H,2,6,9-19H2,1H3,(H,22,23);1H. The van der Waals surface area contributed by atoms with E-state index in [1.807, 2.05) is 0 Å². The molecule has 2 heterocycles. The molecule has 2 aliphatic rings. The number of rotatable bonds is 7. The number of nitrogens with one attached hydrogen (secondary N) is 1. The van der Waals surface area contributed by atoms with Gasteiger partial charge in [-0.15, -0.1) is 24.0 Å². The Balaban J connectivity index is 0.00000280. The second-order valence-corrected chi connectivity index (χ2v) is 7.29. The minimum atomic E-state index is 0. The molecule has 0 atom stereocenters. The number of piperazine rings is 1. The zero-order valence-corrected chi connectivity index (χ0v) is 19.5. The predicted molar refractivity (Wildman–Crippen MR) is 127 cm³/mol. The average Bonchev–Trinajstić information content (AvgIpc) is 2.72. The van der Waals surface area contributed by atoms with Gasteiger partial charge >= 0.3 is 0 Å². The SMILES string of the molecule is CCNC(=NCCCN1CCOCC1)N1CCN(Cc2ccccc2)CC1.I. The summed E-state index contributed by atoms with van der Waals surface area (Å²) in [4.78, 5) is 12.3. The predicted octanol–water partition coefficient (Wildman–Crippen LogP) is 2.11. The molecule has 28 heavy (non-hydrogen) atoms. The number of nitrogens with zero attached hydrogens (tertiary/aromatic N) is 4. The lowest BCUT2D eigenvalue weighted by Crippen LogP contribution is -2.52. The van der Waals surface area contributed by atoms with E-state index < -0.39 is 0 Å². The number of hydrogen-bond donors (Lipinski definition) is 1. The molecule has 0 aromatic heterocycles. The van der Waals surface area contributed by atoms with E-state index in [1.165, 1.54) is 5.56 Å². The van der Waals surface area contributed by atoms with E-state index in [-0.39, 0.29) is 24.0 Å². The smallest absolute Gasteiger partial charge is 0.194 e. The monoisotopic (exact) mass is 501 g/mol. The van der Waals surface area contributed by atoms with Crippen molar-refractivity contribution in [2.75, 3.05) is 72.1 Å². The van der Waals surface area contributed by atoms with Crippen molar-refractivity contribution in [1.82, 2.24) is 20.0 Å². The van der Waals surface area contributed by atoms with Crippen LogP contribution >= 0.6 is 24.0 Å². The molecule has 1 N–H and O–H groups in total. The second-order valence-electron chi connectivity index (χ2n) is 7.29. The zero-order chi connectivity index (χ0) is 18.7. The van der Waals surface area contributed by atoms with E-state index in [0.717, 1.165) is 91.0 Å². The summed E-state index contributed by atoms with van der Waals surface area (Å²) in [5.74, 6) is 1.08. The largest absolute Gasteiger partial charge is 0.379 e. The summed E-state index contributed by atoms with van der Waals surface area (Å²) in [6.07, 6.45) is 1.11. The Morgan fingerprint density at radius 3 is 2.39 bits per heavy atom. The highest BCUT2D eigenvalue weighted by Gasteiger charge is 2.19. The van der Waals surface area contributed by atoms with E-state index in [4.69, 9.17) is 9.73 Å². The summed E-state index contributed by atoms with van der Waals surface area (Å²) < 4.78 is 5.41. The number of guanidine groups is 1.